The third-order valence-electron chi connectivity index (χ3n) is 7.40. The van der Waals surface area contributed by atoms with Crippen LogP contribution in [-0.4, -0.2) is 54.8 Å². The highest BCUT2D eigenvalue weighted by Crippen LogP contribution is 2.40. The van der Waals surface area contributed by atoms with Gasteiger partial charge in [-0.1, -0.05) is 18.7 Å². The van der Waals surface area contributed by atoms with Crippen LogP contribution < -0.4 is 19.9 Å². The van der Waals surface area contributed by atoms with E-state index in [1.54, 1.807) is 31.3 Å². The predicted octanol–water partition coefficient (Wildman–Crippen LogP) is 4.56. The number of aromatic nitrogens is 2. The monoisotopic (exact) mass is 556 g/mol. The number of methoxy groups -OCH3 is 2. The first-order chi connectivity index (χ1) is 19.8. The highest BCUT2D eigenvalue weighted by Gasteiger charge is 2.33. The summed E-state index contributed by atoms with van der Waals surface area (Å²) in [6.07, 6.45) is 0. The summed E-state index contributed by atoms with van der Waals surface area (Å²) < 4.78 is 40.7. The van der Waals surface area contributed by atoms with Crippen LogP contribution in [0.25, 0.3) is 15.9 Å². The van der Waals surface area contributed by atoms with Crippen LogP contribution in [0, 0.1) is 29.5 Å². The molecule has 0 spiro atoms. The predicted molar refractivity (Wildman–Crippen MR) is 149 cm³/mol. The first kappa shape index (κ1) is 27.6. The summed E-state index contributed by atoms with van der Waals surface area (Å²) in [5.41, 5.74) is 2.18. The van der Waals surface area contributed by atoms with Crippen molar-refractivity contribution >= 4 is 22.5 Å². The Morgan fingerprint density at radius 2 is 1.56 bits per heavy atom. The van der Waals surface area contributed by atoms with Crippen molar-refractivity contribution in [3.63, 3.8) is 0 Å². The molecule has 41 heavy (non-hydrogen) atoms. The Balaban J connectivity index is 1.58. The molecule has 208 valence electrons. The molecule has 0 amide bonds. The number of fused-ring (bicyclic) bond motifs is 1. The number of halogens is 2. The van der Waals surface area contributed by atoms with Crippen molar-refractivity contribution in [2.24, 2.45) is 7.05 Å². The molecule has 0 saturated carbocycles. The molecule has 0 N–H and O–H groups in total. The minimum absolute atomic E-state index is 0.0416. The lowest BCUT2D eigenvalue weighted by Gasteiger charge is -2.41. The molecule has 11 heteroatoms. The van der Waals surface area contributed by atoms with E-state index >= 15 is 0 Å². The van der Waals surface area contributed by atoms with Gasteiger partial charge in [-0.05, 0) is 24.3 Å². The number of nitriles is 1. The smallest absolute Gasteiger partial charge is 0.271 e. The van der Waals surface area contributed by atoms with Crippen molar-refractivity contribution in [2.75, 3.05) is 45.3 Å². The van der Waals surface area contributed by atoms with E-state index in [2.05, 4.69) is 14.7 Å². The van der Waals surface area contributed by atoms with E-state index in [0.29, 0.717) is 65.5 Å². The summed E-state index contributed by atoms with van der Waals surface area (Å²) in [6, 6.07) is 13.4. The summed E-state index contributed by atoms with van der Waals surface area (Å²) in [6.45, 7) is 9.12. The maximum atomic E-state index is 14.1. The largest absolute Gasteiger partial charge is 0.496 e. The molecule has 0 atom stereocenters. The average molecular weight is 557 g/mol. The maximum absolute atomic E-state index is 14.1. The topological polar surface area (TPSA) is 88.0 Å². The Hall–Kier alpha value is -5.00. The number of benzene rings is 2. The Morgan fingerprint density at radius 3 is 2.07 bits per heavy atom. The van der Waals surface area contributed by atoms with E-state index in [1.165, 1.54) is 43.1 Å². The number of hydrogen-bond donors (Lipinski definition) is 0. The van der Waals surface area contributed by atoms with Gasteiger partial charge in [-0.3, -0.25) is 9.69 Å². The minimum atomic E-state index is -0.481. The van der Waals surface area contributed by atoms with Gasteiger partial charge in [-0.25, -0.2) is 8.78 Å². The van der Waals surface area contributed by atoms with Gasteiger partial charge in [-0.15, -0.1) is 4.98 Å². The van der Waals surface area contributed by atoms with Gasteiger partial charge in [0, 0.05) is 56.5 Å². The minimum Gasteiger partial charge on any atom is -0.496 e. The van der Waals surface area contributed by atoms with Gasteiger partial charge >= 0.3 is 0 Å². The number of anilines is 1. The zero-order valence-corrected chi connectivity index (χ0v) is 22.7. The Morgan fingerprint density at radius 1 is 0.976 bits per heavy atom. The number of ether oxygens (including phenoxy) is 2. The second-order valence-corrected chi connectivity index (χ2v) is 9.55. The van der Waals surface area contributed by atoms with Gasteiger partial charge in [0.1, 0.15) is 40.5 Å². The Labute approximate surface area is 235 Å². The van der Waals surface area contributed by atoms with Crippen LogP contribution in [0.2, 0.25) is 0 Å². The molecule has 1 fully saturated rings. The van der Waals surface area contributed by atoms with Gasteiger partial charge in [0.25, 0.3) is 11.4 Å². The van der Waals surface area contributed by atoms with Gasteiger partial charge in [0.15, 0.2) is 0 Å². The zero-order valence-electron chi connectivity index (χ0n) is 22.7. The quantitative estimate of drug-likeness (QED) is 0.322. The molecule has 4 aromatic rings. The third-order valence-corrected chi connectivity index (χ3v) is 7.40. The molecule has 1 aliphatic heterocycles. The zero-order chi connectivity index (χ0) is 29.3. The molecule has 3 heterocycles. The van der Waals surface area contributed by atoms with Gasteiger partial charge in [-0.2, -0.15) is 5.26 Å². The first-order valence-corrected chi connectivity index (χ1v) is 12.8. The molecule has 9 nitrogen and oxygen atoms in total. The second kappa shape index (κ2) is 11.2. The number of aryl methyl sites for hydroxylation is 1. The SMILES string of the molecule is [C-]#[N+]c1ccc2c(n1)c(N1CCN(C(c3ccc(F)cc3OC)c3ccc(F)cc3OC)CC1)c(C#N)c(=O)n2C. The molecule has 1 aliphatic rings. The van der Waals surface area contributed by atoms with Crippen LogP contribution in [-0.2, 0) is 7.05 Å². The normalized spacial score (nSPS) is 13.7. The number of nitrogens with zero attached hydrogens (tertiary/aromatic N) is 6. The lowest BCUT2D eigenvalue weighted by atomic mass is 9.94. The van der Waals surface area contributed by atoms with Crippen LogP contribution in [0.4, 0.5) is 20.3 Å². The molecule has 0 radical (unpaired) electrons. The molecule has 2 aromatic carbocycles. The number of hydrogen-bond acceptors (Lipinski definition) is 7. The molecular weight excluding hydrogens is 530 g/mol. The molecular formula is C30H26F2N6O3. The molecule has 0 aliphatic carbocycles. The van der Waals surface area contributed by atoms with E-state index in [9.17, 15) is 18.8 Å². The van der Waals surface area contributed by atoms with Gasteiger partial charge in [0.05, 0.1) is 25.8 Å². The fourth-order valence-electron chi connectivity index (χ4n) is 5.44. The lowest BCUT2D eigenvalue weighted by Crippen LogP contribution is -2.48. The summed E-state index contributed by atoms with van der Waals surface area (Å²) in [5.74, 6) is -0.0685. The average Bonchev–Trinajstić information content (AvgIpc) is 3.00. The third kappa shape index (κ3) is 4.92. The summed E-state index contributed by atoms with van der Waals surface area (Å²) >= 11 is 0. The van der Waals surface area contributed by atoms with Crippen molar-refractivity contribution in [3.8, 4) is 17.6 Å². The van der Waals surface area contributed by atoms with E-state index in [1.807, 2.05) is 11.0 Å². The lowest BCUT2D eigenvalue weighted by molar-refractivity contribution is 0.205. The van der Waals surface area contributed by atoms with Crippen molar-refractivity contribution in [3.05, 3.63) is 98.6 Å². The Bertz CT molecular complexity index is 1730. The standard InChI is InChI=1S/C30H26F2N6O3/c1-34-26-10-9-23-27(35-26)29(22(17-33)30(39)36(23)2)38-13-11-37(12-14-38)28(20-7-5-18(31)15-24(20)40-3)21-8-6-19(32)16-25(21)41-4/h5-10,15-16,28H,11-14H2,2-4H3. The molecule has 2 aromatic heterocycles. The Kier molecular flexibility index (Phi) is 7.56. The molecule has 1 saturated heterocycles. The van der Waals surface area contributed by atoms with Crippen LogP contribution in [0.15, 0.2) is 53.3 Å². The second-order valence-electron chi connectivity index (χ2n) is 9.55. The van der Waals surface area contributed by atoms with E-state index in [-0.39, 0.29) is 11.4 Å². The van der Waals surface area contributed by atoms with Crippen LogP contribution in [0.3, 0.4) is 0 Å². The van der Waals surface area contributed by atoms with E-state index in [4.69, 9.17) is 16.0 Å². The summed E-state index contributed by atoms with van der Waals surface area (Å²) in [5, 5.41) is 9.96. The fourth-order valence-corrected chi connectivity index (χ4v) is 5.44. The van der Waals surface area contributed by atoms with Crippen molar-refractivity contribution in [1.29, 1.82) is 5.26 Å². The number of rotatable bonds is 6. The summed E-state index contributed by atoms with van der Waals surface area (Å²) in [7, 11) is 4.50. The van der Waals surface area contributed by atoms with E-state index in [0.717, 1.165) is 0 Å². The van der Waals surface area contributed by atoms with Crippen molar-refractivity contribution in [2.45, 2.75) is 6.04 Å². The fraction of sp³-hybridized carbons (Fsp3) is 0.267. The summed E-state index contributed by atoms with van der Waals surface area (Å²) in [4.78, 5) is 25.1. The highest BCUT2D eigenvalue weighted by atomic mass is 19.1. The van der Waals surface area contributed by atoms with Crippen molar-refractivity contribution in [1.82, 2.24) is 14.5 Å². The van der Waals surface area contributed by atoms with Crippen LogP contribution in [0.5, 0.6) is 11.5 Å². The van der Waals surface area contributed by atoms with Crippen molar-refractivity contribution < 1.29 is 18.3 Å². The first-order valence-electron chi connectivity index (χ1n) is 12.8. The molecule has 0 bridgehead atoms. The van der Waals surface area contributed by atoms with Crippen LogP contribution >= 0.6 is 0 Å². The van der Waals surface area contributed by atoms with E-state index < -0.39 is 23.2 Å². The highest BCUT2D eigenvalue weighted by molar-refractivity contribution is 5.92. The maximum Gasteiger partial charge on any atom is 0.271 e. The van der Waals surface area contributed by atoms with Gasteiger partial charge < -0.3 is 23.8 Å². The molecule has 0 unspecified atom stereocenters. The number of pyridine rings is 2. The van der Waals surface area contributed by atoms with Gasteiger partial charge in [0.2, 0.25) is 5.52 Å². The van der Waals surface area contributed by atoms with Crippen LogP contribution in [0.1, 0.15) is 22.7 Å². The molecule has 5 rings (SSSR count). The number of piperazine rings is 1.